The van der Waals surface area contributed by atoms with Gasteiger partial charge in [0.2, 0.25) is 0 Å². The molecule has 0 amide bonds. The Balaban J connectivity index is 2.77. The lowest BCUT2D eigenvalue weighted by molar-refractivity contribution is -0.184. The van der Waals surface area contributed by atoms with E-state index in [0.717, 1.165) is 6.29 Å². The van der Waals surface area contributed by atoms with Crippen LogP contribution in [0.2, 0.25) is 0 Å². The van der Waals surface area contributed by atoms with Crippen LogP contribution in [0, 0.1) is 5.92 Å². The number of methoxy groups -OCH3 is 1. The van der Waals surface area contributed by atoms with Gasteiger partial charge < -0.3 is 19.0 Å². The van der Waals surface area contributed by atoms with Crippen LogP contribution in [-0.2, 0) is 23.8 Å². The molecule has 0 bridgehead atoms. The van der Waals surface area contributed by atoms with E-state index in [-0.39, 0.29) is 17.9 Å². The molecule has 18 heavy (non-hydrogen) atoms. The summed E-state index contributed by atoms with van der Waals surface area (Å²) in [6, 6.07) is 0. The summed E-state index contributed by atoms with van der Waals surface area (Å²) in [5.41, 5.74) is 0.0471. The third kappa shape index (κ3) is 4.14. The van der Waals surface area contributed by atoms with Crippen molar-refractivity contribution in [1.29, 1.82) is 0 Å². The predicted octanol–water partition coefficient (Wildman–Crippen LogP) is 1.81. The maximum atomic E-state index is 11.5. The van der Waals surface area contributed by atoms with Crippen LogP contribution in [0.3, 0.4) is 0 Å². The Kier molecular flexibility index (Phi) is 4.90. The lowest BCUT2D eigenvalue weighted by Crippen LogP contribution is -2.34. The molecule has 102 valence electrons. The van der Waals surface area contributed by atoms with E-state index in [9.17, 15) is 9.59 Å². The van der Waals surface area contributed by atoms with Gasteiger partial charge in [-0.25, -0.2) is 4.79 Å². The number of carbonyl (C=O) groups is 2. The molecule has 0 saturated carbocycles. The minimum absolute atomic E-state index is 0.212. The fourth-order valence-electron chi connectivity index (χ4n) is 1.80. The highest BCUT2D eigenvalue weighted by atomic mass is 16.7. The number of hydrogen-bond donors (Lipinski definition) is 0. The summed E-state index contributed by atoms with van der Waals surface area (Å²) in [6.45, 7) is 5.76. The molecule has 1 aliphatic heterocycles. The first-order valence-electron chi connectivity index (χ1n) is 5.92. The zero-order valence-electron chi connectivity index (χ0n) is 11.3. The van der Waals surface area contributed by atoms with Crippen LogP contribution in [0.1, 0.15) is 33.6 Å². The molecule has 0 fully saturated rings. The summed E-state index contributed by atoms with van der Waals surface area (Å²) in [4.78, 5) is 22.2. The van der Waals surface area contributed by atoms with Crippen LogP contribution in [0.4, 0.5) is 0 Å². The van der Waals surface area contributed by atoms with Crippen LogP contribution in [0.15, 0.2) is 11.8 Å². The second-order valence-electron chi connectivity index (χ2n) is 5.20. The van der Waals surface area contributed by atoms with Crippen molar-refractivity contribution in [2.75, 3.05) is 7.11 Å². The molecule has 0 radical (unpaired) electrons. The quantitative estimate of drug-likeness (QED) is 0.567. The van der Waals surface area contributed by atoms with Gasteiger partial charge in [0, 0.05) is 18.8 Å². The van der Waals surface area contributed by atoms with E-state index >= 15 is 0 Å². The van der Waals surface area contributed by atoms with Crippen LogP contribution in [-0.4, -0.2) is 31.3 Å². The minimum atomic E-state index is -0.462. The molecule has 5 heteroatoms. The highest BCUT2D eigenvalue weighted by molar-refractivity contribution is 5.89. The molecule has 1 rings (SSSR count). The van der Waals surface area contributed by atoms with Crippen molar-refractivity contribution in [1.82, 2.24) is 0 Å². The summed E-state index contributed by atoms with van der Waals surface area (Å²) >= 11 is 0. The molecule has 0 N–H and O–H groups in total. The van der Waals surface area contributed by atoms with Crippen molar-refractivity contribution in [2.24, 2.45) is 5.92 Å². The summed E-state index contributed by atoms with van der Waals surface area (Å²) in [7, 11) is 1.30. The summed E-state index contributed by atoms with van der Waals surface area (Å²) in [5, 5.41) is 0. The fraction of sp³-hybridized carbons (Fsp3) is 0.692. The van der Waals surface area contributed by atoms with Gasteiger partial charge in [0.25, 0.3) is 0 Å². The Morgan fingerprint density at radius 3 is 2.72 bits per heavy atom. The van der Waals surface area contributed by atoms with Gasteiger partial charge in [0.15, 0.2) is 6.29 Å². The lowest BCUT2D eigenvalue weighted by atomic mass is 9.91. The second-order valence-corrected chi connectivity index (χ2v) is 5.20. The molecular weight excluding hydrogens is 236 g/mol. The molecule has 0 spiro atoms. The SMILES string of the molecule is COC(=O)C1=COC(OC(C)(C)C)C[C@@H]1CC=O. The molecular formula is C13H20O5. The van der Waals surface area contributed by atoms with Crippen LogP contribution < -0.4 is 0 Å². The minimum Gasteiger partial charge on any atom is -0.472 e. The van der Waals surface area contributed by atoms with E-state index in [4.69, 9.17) is 9.47 Å². The number of carbonyl (C=O) groups excluding carboxylic acids is 2. The summed E-state index contributed by atoms with van der Waals surface area (Å²) in [5.74, 6) is -0.674. The van der Waals surface area contributed by atoms with Crippen molar-refractivity contribution < 1.29 is 23.8 Å². The first kappa shape index (κ1) is 14.7. The predicted molar refractivity (Wildman–Crippen MR) is 64.6 cm³/mol. The topological polar surface area (TPSA) is 61.8 Å². The number of rotatable bonds is 4. The van der Waals surface area contributed by atoms with Gasteiger partial charge in [0.05, 0.1) is 24.5 Å². The second kappa shape index (κ2) is 6.00. The van der Waals surface area contributed by atoms with Crippen LogP contribution >= 0.6 is 0 Å². The van der Waals surface area contributed by atoms with Gasteiger partial charge in [-0.15, -0.1) is 0 Å². The highest BCUT2D eigenvalue weighted by Crippen LogP contribution is 2.30. The molecule has 0 aromatic rings. The van der Waals surface area contributed by atoms with Gasteiger partial charge in [-0.2, -0.15) is 0 Å². The lowest BCUT2D eigenvalue weighted by Gasteiger charge is -2.32. The Morgan fingerprint density at radius 2 is 2.22 bits per heavy atom. The van der Waals surface area contributed by atoms with Gasteiger partial charge >= 0.3 is 5.97 Å². The van der Waals surface area contributed by atoms with E-state index in [1.807, 2.05) is 20.8 Å². The smallest absolute Gasteiger partial charge is 0.337 e. The standard InChI is InChI=1S/C13H20O5/c1-13(2,3)18-11-7-9(5-6-14)10(8-17-11)12(15)16-4/h6,8-9,11H,5,7H2,1-4H3/t9-,11?/m0/s1. The molecule has 0 saturated heterocycles. The normalized spacial score (nSPS) is 23.9. The van der Waals surface area contributed by atoms with E-state index in [1.165, 1.54) is 13.4 Å². The molecule has 0 aromatic heterocycles. The maximum Gasteiger partial charge on any atom is 0.337 e. The Bertz CT molecular complexity index is 340. The van der Waals surface area contributed by atoms with E-state index in [2.05, 4.69) is 4.74 Å². The van der Waals surface area contributed by atoms with E-state index in [1.54, 1.807) is 0 Å². The van der Waals surface area contributed by atoms with Crippen LogP contribution in [0.5, 0.6) is 0 Å². The van der Waals surface area contributed by atoms with Crippen molar-refractivity contribution in [3.63, 3.8) is 0 Å². The van der Waals surface area contributed by atoms with Gasteiger partial charge in [-0.3, -0.25) is 0 Å². The number of hydrogen-bond acceptors (Lipinski definition) is 5. The first-order chi connectivity index (χ1) is 8.37. The van der Waals surface area contributed by atoms with E-state index in [0.29, 0.717) is 12.0 Å². The van der Waals surface area contributed by atoms with Crippen molar-refractivity contribution in [3.8, 4) is 0 Å². The number of ether oxygens (including phenoxy) is 3. The Labute approximate surface area is 107 Å². The molecule has 1 aliphatic rings. The molecule has 1 heterocycles. The summed E-state index contributed by atoms with van der Waals surface area (Å²) < 4.78 is 15.7. The average Bonchev–Trinajstić information content (AvgIpc) is 2.27. The van der Waals surface area contributed by atoms with Gasteiger partial charge in [-0.1, -0.05) is 0 Å². The first-order valence-corrected chi connectivity index (χ1v) is 5.92. The van der Waals surface area contributed by atoms with Crippen LogP contribution in [0.25, 0.3) is 0 Å². The third-order valence-corrected chi connectivity index (χ3v) is 2.55. The summed E-state index contributed by atoms with van der Waals surface area (Å²) in [6.07, 6.45) is 2.43. The Hall–Kier alpha value is -1.36. The highest BCUT2D eigenvalue weighted by Gasteiger charge is 2.32. The molecule has 2 atom stereocenters. The monoisotopic (exact) mass is 256 g/mol. The molecule has 5 nitrogen and oxygen atoms in total. The number of aldehydes is 1. The zero-order valence-corrected chi connectivity index (χ0v) is 11.3. The zero-order chi connectivity index (χ0) is 13.8. The van der Waals surface area contributed by atoms with Gasteiger partial charge in [0.1, 0.15) is 6.29 Å². The largest absolute Gasteiger partial charge is 0.472 e. The number of esters is 1. The van der Waals surface area contributed by atoms with Gasteiger partial charge in [-0.05, 0) is 20.8 Å². The molecule has 0 aromatic carbocycles. The van der Waals surface area contributed by atoms with E-state index < -0.39 is 12.3 Å². The molecule has 1 unspecified atom stereocenters. The Morgan fingerprint density at radius 1 is 1.56 bits per heavy atom. The average molecular weight is 256 g/mol. The van der Waals surface area contributed by atoms with Crippen molar-refractivity contribution >= 4 is 12.3 Å². The third-order valence-electron chi connectivity index (χ3n) is 2.55. The fourth-order valence-corrected chi connectivity index (χ4v) is 1.80. The van der Waals surface area contributed by atoms with Crippen molar-refractivity contribution in [3.05, 3.63) is 11.8 Å². The maximum absolute atomic E-state index is 11.5. The van der Waals surface area contributed by atoms with Crippen molar-refractivity contribution in [2.45, 2.75) is 45.5 Å². The molecule has 0 aliphatic carbocycles.